The van der Waals surface area contributed by atoms with Gasteiger partial charge in [0, 0.05) is 5.75 Å². The van der Waals surface area contributed by atoms with Crippen LogP contribution in [-0.2, 0) is 10.5 Å². The molecule has 1 heterocycles. The second kappa shape index (κ2) is 10.2. The molecule has 5 nitrogen and oxygen atoms in total. The first-order valence-corrected chi connectivity index (χ1v) is 12.4. The number of carbonyl (C=O) groups excluding carboxylic acids is 1. The van der Waals surface area contributed by atoms with Gasteiger partial charge in [0.15, 0.2) is 8.68 Å². The summed E-state index contributed by atoms with van der Waals surface area (Å²) < 4.78 is 7.00. The minimum Gasteiger partial charge on any atom is -0.495 e. The summed E-state index contributed by atoms with van der Waals surface area (Å²) in [5, 5.41) is 13.9. The van der Waals surface area contributed by atoms with Gasteiger partial charge in [0.25, 0.3) is 0 Å². The van der Waals surface area contributed by atoms with E-state index in [4.69, 9.17) is 4.74 Å². The molecule has 0 fully saturated rings. The maximum atomic E-state index is 12.4. The normalized spacial score (nSPS) is 10.9. The van der Waals surface area contributed by atoms with E-state index in [-0.39, 0.29) is 11.7 Å². The lowest BCUT2D eigenvalue weighted by molar-refractivity contribution is -0.113. The third-order valence-electron chi connectivity index (χ3n) is 4.57. The summed E-state index contributed by atoms with van der Waals surface area (Å²) in [6.45, 7) is 1.97. The van der Waals surface area contributed by atoms with Crippen LogP contribution < -0.4 is 10.1 Å². The lowest BCUT2D eigenvalue weighted by Gasteiger charge is -2.10. The van der Waals surface area contributed by atoms with Crippen molar-refractivity contribution in [2.75, 3.05) is 18.2 Å². The van der Waals surface area contributed by atoms with Crippen molar-refractivity contribution >= 4 is 57.2 Å². The molecule has 8 heteroatoms. The van der Waals surface area contributed by atoms with E-state index in [1.54, 1.807) is 18.9 Å². The molecule has 0 bridgehead atoms. The Morgan fingerprint density at radius 2 is 1.81 bits per heavy atom. The summed E-state index contributed by atoms with van der Waals surface area (Å²) in [5.74, 6) is 1.63. The number of nitrogens with one attached hydrogen (secondary N) is 1. The SMILES string of the molecule is COc1ccc(C)cc1NC(=O)CSc1nnc(SCc2cccc3ccccc23)s1. The average molecular weight is 468 g/mol. The molecular formula is C23H21N3O2S3. The Morgan fingerprint density at radius 1 is 1.03 bits per heavy atom. The highest BCUT2D eigenvalue weighted by atomic mass is 32.2. The van der Waals surface area contributed by atoms with Crippen molar-refractivity contribution in [3.8, 4) is 5.75 Å². The van der Waals surface area contributed by atoms with Crippen molar-refractivity contribution in [3.63, 3.8) is 0 Å². The molecule has 1 amide bonds. The van der Waals surface area contributed by atoms with Gasteiger partial charge < -0.3 is 10.1 Å². The lowest BCUT2D eigenvalue weighted by atomic mass is 10.1. The fourth-order valence-corrected chi connectivity index (χ4v) is 5.93. The van der Waals surface area contributed by atoms with Gasteiger partial charge in [0.2, 0.25) is 5.91 Å². The molecule has 4 rings (SSSR count). The molecular weight excluding hydrogens is 446 g/mol. The molecule has 3 aromatic carbocycles. The number of nitrogens with zero attached hydrogens (tertiary/aromatic N) is 2. The molecule has 31 heavy (non-hydrogen) atoms. The van der Waals surface area contributed by atoms with Gasteiger partial charge in [-0.05, 0) is 41.0 Å². The highest BCUT2D eigenvalue weighted by Gasteiger charge is 2.12. The second-order valence-corrected chi connectivity index (χ2v) is 10.2. The van der Waals surface area contributed by atoms with Crippen molar-refractivity contribution in [3.05, 3.63) is 71.8 Å². The number of thioether (sulfide) groups is 2. The quantitative estimate of drug-likeness (QED) is 0.319. The third-order valence-corrected chi connectivity index (χ3v) is 7.81. The van der Waals surface area contributed by atoms with Gasteiger partial charge in [0.1, 0.15) is 5.75 Å². The predicted molar refractivity (Wildman–Crippen MR) is 131 cm³/mol. The summed E-state index contributed by atoms with van der Waals surface area (Å²) in [7, 11) is 1.59. The first-order valence-electron chi connectivity index (χ1n) is 9.62. The number of methoxy groups -OCH3 is 1. The van der Waals surface area contributed by atoms with Crippen LogP contribution in [0, 0.1) is 6.92 Å². The molecule has 0 aliphatic heterocycles. The molecule has 0 atom stereocenters. The van der Waals surface area contributed by atoms with E-state index in [9.17, 15) is 4.79 Å². The number of carbonyl (C=O) groups is 1. The summed E-state index contributed by atoms with van der Waals surface area (Å²) in [6.07, 6.45) is 0. The molecule has 0 unspecified atom stereocenters. The number of ether oxygens (including phenoxy) is 1. The largest absolute Gasteiger partial charge is 0.495 e. The predicted octanol–water partition coefficient (Wildman–Crippen LogP) is 6.03. The van der Waals surface area contributed by atoms with Crippen molar-refractivity contribution in [1.29, 1.82) is 0 Å². The Morgan fingerprint density at radius 3 is 2.65 bits per heavy atom. The molecule has 0 saturated heterocycles. The van der Waals surface area contributed by atoms with Crippen molar-refractivity contribution in [2.24, 2.45) is 0 Å². The zero-order valence-corrected chi connectivity index (χ0v) is 19.6. The van der Waals surface area contributed by atoms with Gasteiger partial charge in [-0.25, -0.2) is 0 Å². The molecule has 0 saturated carbocycles. The van der Waals surface area contributed by atoms with Crippen LogP contribution >= 0.6 is 34.9 Å². The van der Waals surface area contributed by atoms with Crippen LogP contribution in [0.1, 0.15) is 11.1 Å². The number of hydrogen-bond acceptors (Lipinski definition) is 7. The van der Waals surface area contributed by atoms with Gasteiger partial charge in [-0.15, -0.1) is 10.2 Å². The molecule has 1 N–H and O–H groups in total. The smallest absolute Gasteiger partial charge is 0.234 e. The number of amides is 1. The van der Waals surface area contributed by atoms with Crippen LogP contribution in [0.15, 0.2) is 69.3 Å². The Labute approximate surface area is 193 Å². The van der Waals surface area contributed by atoms with Crippen LogP contribution in [0.25, 0.3) is 10.8 Å². The van der Waals surface area contributed by atoms with E-state index in [1.807, 2.05) is 25.1 Å². The third kappa shape index (κ3) is 5.58. The molecule has 0 radical (unpaired) electrons. The Kier molecular flexibility index (Phi) is 7.11. The topological polar surface area (TPSA) is 64.1 Å². The second-order valence-electron chi connectivity index (χ2n) is 6.80. The van der Waals surface area contributed by atoms with Gasteiger partial charge in [-0.1, -0.05) is 83.4 Å². The molecule has 0 spiro atoms. The molecule has 158 valence electrons. The molecule has 4 aromatic rings. The number of benzene rings is 3. The summed E-state index contributed by atoms with van der Waals surface area (Å²) in [6, 6.07) is 20.4. The number of aromatic nitrogens is 2. The van der Waals surface area contributed by atoms with Gasteiger partial charge in [-0.2, -0.15) is 0 Å². The van der Waals surface area contributed by atoms with E-state index in [2.05, 4.69) is 58.0 Å². The zero-order chi connectivity index (χ0) is 21.6. The maximum Gasteiger partial charge on any atom is 0.234 e. The van der Waals surface area contributed by atoms with E-state index in [1.165, 1.54) is 39.4 Å². The Balaban J connectivity index is 1.32. The van der Waals surface area contributed by atoms with Gasteiger partial charge in [0.05, 0.1) is 18.6 Å². The van der Waals surface area contributed by atoms with E-state index < -0.39 is 0 Å². The van der Waals surface area contributed by atoms with Gasteiger partial charge >= 0.3 is 0 Å². The standard InChI is InChI=1S/C23H21N3O2S3/c1-15-10-11-20(28-2)19(12-15)24-21(27)14-30-23-26-25-22(31-23)29-13-17-8-5-7-16-6-3-4-9-18(16)17/h3-12H,13-14H2,1-2H3,(H,24,27). The fourth-order valence-electron chi connectivity index (χ4n) is 3.10. The first kappa shape index (κ1) is 21.7. The number of fused-ring (bicyclic) bond motifs is 1. The highest BCUT2D eigenvalue weighted by molar-refractivity contribution is 8.03. The highest BCUT2D eigenvalue weighted by Crippen LogP contribution is 2.32. The Hall–Kier alpha value is -2.55. The van der Waals surface area contributed by atoms with Crippen LogP contribution in [0.2, 0.25) is 0 Å². The minimum atomic E-state index is -0.103. The number of anilines is 1. The average Bonchev–Trinajstić information content (AvgIpc) is 3.24. The van der Waals surface area contributed by atoms with Gasteiger partial charge in [-0.3, -0.25) is 4.79 Å². The first-order chi connectivity index (χ1) is 15.1. The van der Waals surface area contributed by atoms with Crippen LogP contribution in [0.3, 0.4) is 0 Å². The monoisotopic (exact) mass is 467 g/mol. The lowest BCUT2D eigenvalue weighted by Crippen LogP contribution is -2.14. The van der Waals surface area contributed by atoms with Crippen LogP contribution in [0.5, 0.6) is 5.75 Å². The van der Waals surface area contributed by atoms with Crippen LogP contribution in [0.4, 0.5) is 5.69 Å². The van der Waals surface area contributed by atoms with Crippen LogP contribution in [-0.4, -0.2) is 29.0 Å². The Bertz CT molecular complexity index is 1200. The fraction of sp³-hybridized carbons (Fsp3) is 0.174. The number of aryl methyl sites for hydroxylation is 1. The van der Waals surface area contributed by atoms with Crippen molar-refractivity contribution in [1.82, 2.24) is 10.2 Å². The maximum absolute atomic E-state index is 12.4. The number of hydrogen-bond donors (Lipinski definition) is 1. The summed E-state index contributed by atoms with van der Waals surface area (Å²) >= 11 is 4.57. The van der Waals surface area contributed by atoms with Crippen molar-refractivity contribution in [2.45, 2.75) is 21.4 Å². The van der Waals surface area contributed by atoms with E-state index >= 15 is 0 Å². The summed E-state index contributed by atoms with van der Waals surface area (Å²) in [4.78, 5) is 12.4. The van der Waals surface area contributed by atoms with E-state index in [0.29, 0.717) is 11.4 Å². The summed E-state index contributed by atoms with van der Waals surface area (Å²) in [5.41, 5.74) is 3.01. The zero-order valence-electron chi connectivity index (χ0n) is 17.1. The van der Waals surface area contributed by atoms with Crippen molar-refractivity contribution < 1.29 is 9.53 Å². The molecule has 0 aliphatic carbocycles. The van der Waals surface area contributed by atoms with E-state index in [0.717, 1.165) is 20.0 Å². The molecule has 0 aliphatic rings. The molecule has 1 aromatic heterocycles. The number of rotatable bonds is 8. The minimum absolute atomic E-state index is 0.103.